The Morgan fingerprint density at radius 1 is 1.14 bits per heavy atom. The van der Waals surface area contributed by atoms with Crippen molar-refractivity contribution in [3.8, 4) is 0 Å². The van der Waals surface area contributed by atoms with E-state index in [4.69, 9.17) is 9.84 Å². The smallest absolute Gasteiger partial charge is 0.410 e. The van der Waals surface area contributed by atoms with Gasteiger partial charge in [0.15, 0.2) is 11.5 Å². The first-order valence-electron chi connectivity index (χ1n) is 14.5. The molecule has 5 rings (SSSR count). The van der Waals surface area contributed by atoms with Gasteiger partial charge in [0.1, 0.15) is 11.1 Å². The number of aromatic nitrogens is 4. The summed E-state index contributed by atoms with van der Waals surface area (Å²) in [6.07, 6.45) is 7.41. The first-order chi connectivity index (χ1) is 19.8. The van der Waals surface area contributed by atoms with E-state index in [0.29, 0.717) is 29.0 Å². The number of rotatable bonds is 6. The second-order valence-corrected chi connectivity index (χ2v) is 12.1. The third kappa shape index (κ3) is 5.52. The number of fused-ring (bicyclic) bond motifs is 2. The number of piperidine rings is 1. The molecule has 4 aromatic rings. The summed E-state index contributed by atoms with van der Waals surface area (Å²) < 4.78 is 23.7. The van der Waals surface area contributed by atoms with Crippen molar-refractivity contribution in [3.05, 3.63) is 53.9 Å². The molecule has 0 bridgehead atoms. The minimum Gasteiger partial charge on any atom is -0.444 e. The fourth-order valence-electron chi connectivity index (χ4n) is 5.82. The SMILES string of the molecule is CCn1cc2c(N3CCC(CC)(N(C)C(=O)OC(C)(C)C)CC3)ccc(C(=O)Nc3cc(F)c4nc(C)cn4c3)c2n1. The van der Waals surface area contributed by atoms with Crippen LogP contribution < -0.4 is 10.2 Å². The molecule has 1 fully saturated rings. The van der Waals surface area contributed by atoms with E-state index >= 15 is 0 Å². The van der Waals surface area contributed by atoms with E-state index in [0.717, 1.165) is 43.4 Å². The van der Waals surface area contributed by atoms with Crippen LogP contribution in [0.2, 0.25) is 0 Å². The number of ether oxygens (including phenoxy) is 1. The van der Waals surface area contributed by atoms with E-state index in [2.05, 4.69) is 22.1 Å². The molecule has 0 spiro atoms. The van der Waals surface area contributed by atoms with E-state index < -0.39 is 11.4 Å². The Bertz CT molecular complexity index is 1640. The van der Waals surface area contributed by atoms with Crippen molar-refractivity contribution in [2.45, 2.75) is 78.5 Å². The van der Waals surface area contributed by atoms with Crippen LogP contribution >= 0.6 is 0 Å². The number of amides is 2. The fourth-order valence-corrected chi connectivity index (χ4v) is 5.82. The number of carbonyl (C=O) groups is 2. The molecule has 1 aliphatic rings. The standard InChI is InChI=1S/C31H40FN7O3/c1-8-31(36(7)29(41)42-30(4,5)6)12-14-37(15-13-31)25-11-10-22(26-23(25)19-39(9-2)35-26)28(40)34-21-16-24(32)27-33-20(3)17-38(27)18-21/h10-11,16-19H,8-9,12-15H2,1-7H3,(H,34,40). The molecule has 42 heavy (non-hydrogen) atoms. The zero-order valence-corrected chi connectivity index (χ0v) is 25.5. The van der Waals surface area contributed by atoms with Gasteiger partial charge in [0.25, 0.3) is 5.91 Å². The highest BCUT2D eigenvalue weighted by molar-refractivity contribution is 6.13. The molecular weight excluding hydrogens is 537 g/mol. The molecule has 11 heteroatoms. The van der Waals surface area contributed by atoms with E-state index in [-0.39, 0.29) is 23.2 Å². The summed E-state index contributed by atoms with van der Waals surface area (Å²) >= 11 is 0. The molecule has 1 saturated heterocycles. The highest BCUT2D eigenvalue weighted by Gasteiger charge is 2.41. The predicted molar refractivity (Wildman–Crippen MR) is 162 cm³/mol. The number of hydrogen-bond acceptors (Lipinski definition) is 6. The van der Waals surface area contributed by atoms with Crippen molar-refractivity contribution in [2.24, 2.45) is 0 Å². The van der Waals surface area contributed by atoms with E-state index in [1.165, 1.54) is 6.07 Å². The quantitative estimate of drug-likeness (QED) is 0.301. The molecule has 1 N–H and O–H groups in total. The maximum atomic E-state index is 14.6. The molecule has 10 nitrogen and oxygen atoms in total. The van der Waals surface area contributed by atoms with Crippen LogP contribution in [-0.2, 0) is 11.3 Å². The van der Waals surface area contributed by atoms with Gasteiger partial charge in [0.2, 0.25) is 0 Å². The second kappa shape index (κ2) is 10.9. The number of imidazole rings is 1. The number of halogens is 1. The second-order valence-electron chi connectivity index (χ2n) is 12.1. The Hall–Kier alpha value is -4.15. The molecule has 0 radical (unpaired) electrons. The van der Waals surface area contributed by atoms with Gasteiger partial charge in [0.05, 0.1) is 16.9 Å². The molecule has 3 aromatic heterocycles. The summed E-state index contributed by atoms with van der Waals surface area (Å²) in [5.41, 5.74) is 2.37. The van der Waals surface area contributed by atoms with Crippen molar-refractivity contribution in [2.75, 3.05) is 30.4 Å². The van der Waals surface area contributed by atoms with Crippen molar-refractivity contribution in [1.82, 2.24) is 24.1 Å². The zero-order chi connectivity index (χ0) is 30.4. The highest BCUT2D eigenvalue weighted by atomic mass is 19.1. The average Bonchev–Trinajstić information content (AvgIpc) is 3.54. The minimum absolute atomic E-state index is 0.213. The number of nitrogens with one attached hydrogen (secondary N) is 1. The number of anilines is 2. The Morgan fingerprint density at radius 2 is 1.86 bits per heavy atom. The Kier molecular flexibility index (Phi) is 7.63. The van der Waals surface area contributed by atoms with E-state index in [1.54, 1.807) is 34.7 Å². The Labute approximate surface area is 245 Å². The molecule has 2 amide bonds. The lowest BCUT2D eigenvalue weighted by atomic mass is 9.83. The summed E-state index contributed by atoms with van der Waals surface area (Å²) in [6, 6.07) is 5.01. The van der Waals surface area contributed by atoms with Gasteiger partial charge in [-0.25, -0.2) is 14.2 Å². The van der Waals surface area contributed by atoms with Crippen LogP contribution in [0.15, 0.2) is 36.8 Å². The molecule has 0 unspecified atom stereocenters. The van der Waals surface area contributed by atoms with Crippen LogP contribution in [0.5, 0.6) is 0 Å². The number of carbonyl (C=O) groups excluding carboxylic acids is 2. The number of hydrogen-bond donors (Lipinski definition) is 1. The van der Waals surface area contributed by atoms with Crippen LogP contribution in [-0.4, -0.2) is 67.3 Å². The highest BCUT2D eigenvalue weighted by Crippen LogP contribution is 2.37. The van der Waals surface area contributed by atoms with Gasteiger partial charge in [-0.05, 0) is 66.0 Å². The molecule has 4 heterocycles. The van der Waals surface area contributed by atoms with Crippen LogP contribution in [0, 0.1) is 12.7 Å². The van der Waals surface area contributed by atoms with Gasteiger partial charge in [-0.3, -0.25) is 9.48 Å². The first kappa shape index (κ1) is 29.3. The van der Waals surface area contributed by atoms with Crippen molar-refractivity contribution >= 4 is 39.9 Å². The van der Waals surface area contributed by atoms with Crippen LogP contribution in [0.4, 0.5) is 20.6 Å². The zero-order valence-electron chi connectivity index (χ0n) is 25.5. The van der Waals surface area contributed by atoms with Gasteiger partial charge in [-0.2, -0.15) is 5.10 Å². The van der Waals surface area contributed by atoms with E-state index in [9.17, 15) is 14.0 Å². The van der Waals surface area contributed by atoms with Gasteiger partial charge in [-0.15, -0.1) is 0 Å². The lowest BCUT2D eigenvalue weighted by Gasteiger charge is -2.47. The number of aryl methyl sites for hydroxylation is 2. The molecule has 1 aliphatic heterocycles. The average molecular weight is 578 g/mol. The number of pyridine rings is 1. The Balaban J connectivity index is 1.39. The maximum absolute atomic E-state index is 14.6. The molecule has 224 valence electrons. The molecule has 0 atom stereocenters. The summed E-state index contributed by atoms with van der Waals surface area (Å²) in [5.74, 6) is -0.881. The first-order valence-corrected chi connectivity index (χ1v) is 14.5. The summed E-state index contributed by atoms with van der Waals surface area (Å²) in [7, 11) is 1.84. The van der Waals surface area contributed by atoms with Crippen LogP contribution in [0.3, 0.4) is 0 Å². The summed E-state index contributed by atoms with van der Waals surface area (Å²) in [4.78, 5) is 34.6. The normalized spacial score (nSPS) is 15.3. The molecular formula is C31H40FN7O3. The van der Waals surface area contributed by atoms with Crippen molar-refractivity contribution < 1.29 is 18.7 Å². The van der Waals surface area contributed by atoms with Gasteiger partial charge in [0, 0.05) is 68.0 Å². The maximum Gasteiger partial charge on any atom is 0.410 e. The number of benzene rings is 1. The fraction of sp³-hybridized carbons (Fsp3) is 0.484. The lowest BCUT2D eigenvalue weighted by Crippen LogP contribution is -2.56. The third-order valence-electron chi connectivity index (χ3n) is 8.23. The predicted octanol–water partition coefficient (Wildman–Crippen LogP) is 6.02. The summed E-state index contributed by atoms with van der Waals surface area (Å²) in [6.45, 7) is 13.7. The van der Waals surface area contributed by atoms with Gasteiger partial charge in [-0.1, -0.05) is 6.92 Å². The van der Waals surface area contributed by atoms with Crippen LogP contribution in [0.25, 0.3) is 16.6 Å². The van der Waals surface area contributed by atoms with Gasteiger partial charge >= 0.3 is 6.09 Å². The summed E-state index contributed by atoms with van der Waals surface area (Å²) in [5, 5.41) is 8.43. The minimum atomic E-state index is -0.556. The van der Waals surface area contributed by atoms with Crippen molar-refractivity contribution in [1.29, 1.82) is 0 Å². The molecule has 1 aromatic carbocycles. The topological polar surface area (TPSA) is 97.0 Å². The number of nitrogens with zero attached hydrogens (tertiary/aromatic N) is 6. The third-order valence-corrected chi connectivity index (χ3v) is 8.23. The van der Waals surface area contributed by atoms with Crippen molar-refractivity contribution in [3.63, 3.8) is 0 Å². The van der Waals surface area contributed by atoms with E-state index in [1.807, 2.05) is 51.7 Å². The van der Waals surface area contributed by atoms with Crippen LogP contribution in [0.1, 0.15) is 69.9 Å². The monoisotopic (exact) mass is 577 g/mol. The lowest BCUT2D eigenvalue weighted by molar-refractivity contribution is -0.00183. The largest absolute Gasteiger partial charge is 0.444 e. The van der Waals surface area contributed by atoms with Gasteiger partial charge < -0.3 is 24.3 Å². The Morgan fingerprint density at radius 3 is 2.50 bits per heavy atom. The molecule has 0 saturated carbocycles. The molecule has 0 aliphatic carbocycles.